The van der Waals surface area contributed by atoms with E-state index in [1.165, 1.54) is 11.1 Å². The average molecular weight is 354 g/mol. The van der Waals surface area contributed by atoms with Gasteiger partial charge in [-0.15, -0.1) is 11.3 Å². The summed E-state index contributed by atoms with van der Waals surface area (Å²) in [6.45, 7) is 5.18. The lowest BCUT2D eigenvalue weighted by atomic mass is 10.1. The Balaban J connectivity index is 1.29. The molecule has 0 spiro atoms. The second kappa shape index (κ2) is 7.42. The van der Waals surface area contributed by atoms with E-state index in [4.69, 9.17) is 4.74 Å². The van der Waals surface area contributed by atoms with Crippen LogP contribution in [0.1, 0.15) is 16.0 Å². The third kappa shape index (κ3) is 3.94. The largest absolute Gasteiger partial charge is 0.493 e. The van der Waals surface area contributed by atoms with Gasteiger partial charge in [0.15, 0.2) is 0 Å². The second-order valence-electron chi connectivity index (χ2n) is 6.49. The van der Waals surface area contributed by atoms with Crippen LogP contribution in [0.5, 0.6) is 5.75 Å². The van der Waals surface area contributed by atoms with Gasteiger partial charge < -0.3 is 9.64 Å². The SMILES string of the molecule is O=C(/C=C/c1cccs1)N1CCN(Cc2ccc3c(c2)CCO3)CC1. The van der Waals surface area contributed by atoms with Crippen LogP contribution in [0, 0.1) is 0 Å². The number of amides is 1. The van der Waals surface area contributed by atoms with E-state index in [0.717, 1.165) is 56.4 Å². The van der Waals surface area contributed by atoms with Crippen molar-refractivity contribution in [3.63, 3.8) is 0 Å². The van der Waals surface area contributed by atoms with Gasteiger partial charge in [-0.2, -0.15) is 0 Å². The minimum Gasteiger partial charge on any atom is -0.493 e. The van der Waals surface area contributed by atoms with Crippen molar-refractivity contribution in [3.8, 4) is 5.75 Å². The molecule has 1 amide bonds. The highest BCUT2D eigenvalue weighted by molar-refractivity contribution is 7.10. The molecule has 0 N–H and O–H groups in total. The summed E-state index contributed by atoms with van der Waals surface area (Å²) in [5.74, 6) is 1.15. The zero-order valence-corrected chi connectivity index (χ0v) is 15.0. The topological polar surface area (TPSA) is 32.8 Å². The van der Waals surface area contributed by atoms with E-state index in [1.54, 1.807) is 17.4 Å². The first-order valence-electron chi connectivity index (χ1n) is 8.75. The molecule has 2 aliphatic rings. The van der Waals surface area contributed by atoms with Crippen LogP contribution in [-0.2, 0) is 17.8 Å². The summed E-state index contributed by atoms with van der Waals surface area (Å²) in [5.41, 5.74) is 2.66. The van der Waals surface area contributed by atoms with E-state index in [1.807, 2.05) is 28.5 Å². The van der Waals surface area contributed by atoms with E-state index in [2.05, 4.69) is 23.1 Å². The molecule has 25 heavy (non-hydrogen) atoms. The maximum Gasteiger partial charge on any atom is 0.246 e. The van der Waals surface area contributed by atoms with Gasteiger partial charge in [0.25, 0.3) is 0 Å². The molecule has 4 nitrogen and oxygen atoms in total. The van der Waals surface area contributed by atoms with Crippen molar-refractivity contribution in [3.05, 3.63) is 57.8 Å². The molecular formula is C20H22N2O2S. The molecule has 0 unspecified atom stereocenters. The van der Waals surface area contributed by atoms with E-state index in [0.29, 0.717) is 0 Å². The van der Waals surface area contributed by atoms with Crippen molar-refractivity contribution >= 4 is 23.3 Å². The van der Waals surface area contributed by atoms with Crippen molar-refractivity contribution in [2.75, 3.05) is 32.8 Å². The first-order valence-corrected chi connectivity index (χ1v) is 9.63. The Kier molecular flexibility index (Phi) is 4.85. The summed E-state index contributed by atoms with van der Waals surface area (Å²) >= 11 is 1.65. The quantitative estimate of drug-likeness (QED) is 0.791. The van der Waals surface area contributed by atoms with Gasteiger partial charge in [-0.1, -0.05) is 18.2 Å². The van der Waals surface area contributed by atoms with Crippen molar-refractivity contribution < 1.29 is 9.53 Å². The number of fused-ring (bicyclic) bond motifs is 1. The predicted octanol–water partition coefficient (Wildman–Crippen LogP) is 3.04. The Morgan fingerprint density at radius 3 is 2.88 bits per heavy atom. The van der Waals surface area contributed by atoms with Crippen molar-refractivity contribution in [1.29, 1.82) is 0 Å². The summed E-state index contributed by atoms with van der Waals surface area (Å²) in [6.07, 6.45) is 4.62. The van der Waals surface area contributed by atoms with Gasteiger partial charge in [0.2, 0.25) is 5.91 Å². The van der Waals surface area contributed by atoms with E-state index < -0.39 is 0 Å². The first-order chi connectivity index (χ1) is 12.3. The third-order valence-corrected chi connectivity index (χ3v) is 5.61. The number of piperazine rings is 1. The lowest BCUT2D eigenvalue weighted by molar-refractivity contribution is -0.127. The van der Waals surface area contributed by atoms with Crippen LogP contribution in [0.3, 0.4) is 0 Å². The number of hydrogen-bond donors (Lipinski definition) is 0. The van der Waals surface area contributed by atoms with Gasteiger partial charge >= 0.3 is 0 Å². The predicted molar refractivity (Wildman–Crippen MR) is 101 cm³/mol. The summed E-state index contributed by atoms with van der Waals surface area (Å²) < 4.78 is 5.57. The number of carbonyl (C=O) groups is 1. The summed E-state index contributed by atoms with van der Waals surface area (Å²) in [4.78, 5) is 17.8. The standard InChI is InChI=1S/C20H22N2O2S/c23-20(6-4-18-2-1-13-25-18)22-10-8-21(9-11-22)15-16-3-5-19-17(14-16)7-12-24-19/h1-6,13-14H,7-12,15H2/b6-4+. The number of nitrogens with zero attached hydrogens (tertiary/aromatic N) is 2. The molecule has 0 saturated carbocycles. The minimum absolute atomic E-state index is 0.114. The molecular weight excluding hydrogens is 332 g/mol. The molecule has 130 valence electrons. The Morgan fingerprint density at radius 1 is 1.20 bits per heavy atom. The monoisotopic (exact) mass is 354 g/mol. The Hall–Kier alpha value is -2.11. The van der Waals surface area contributed by atoms with Crippen LogP contribution in [0.4, 0.5) is 0 Å². The molecule has 1 fully saturated rings. The maximum absolute atomic E-state index is 12.3. The molecule has 2 aliphatic heterocycles. The highest BCUT2D eigenvalue weighted by Crippen LogP contribution is 2.26. The first kappa shape index (κ1) is 16.4. The van der Waals surface area contributed by atoms with E-state index in [-0.39, 0.29) is 5.91 Å². The Morgan fingerprint density at radius 2 is 2.08 bits per heavy atom. The fraction of sp³-hybridized carbons (Fsp3) is 0.350. The van der Waals surface area contributed by atoms with Crippen LogP contribution in [0.2, 0.25) is 0 Å². The van der Waals surface area contributed by atoms with E-state index >= 15 is 0 Å². The Labute approximate surface area is 152 Å². The molecule has 2 aromatic rings. The lowest BCUT2D eigenvalue weighted by Gasteiger charge is -2.34. The maximum atomic E-state index is 12.3. The Bertz CT molecular complexity index is 762. The molecule has 4 rings (SSSR count). The minimum atomic E-state index is 0.114. The van der Waals surface area contributed by atoms with Crippen molar-refractivity contribution in [1.82, 2.24) is 9.80 Å². The molecule has 0 bridgehead atoms. The van der Waals surface area contributed by atoms with Gasteiger partial charge in [-0.25, -0.2) is 0 Å². The molecule has 0 radical (unpaired) electrons. The summed E-state index contributed by atoms with van der Waals surface area (Å²) in [6, 6.07) is 10.5. The zero-order chi connectivity index (χ0) is 17.1. The van der Waals surface area contributed by atoms with Crippen LogP contribution in [0.25, 0.3) is 6.08 Å². The highest BCUT2D eigenvalue weighted by Gasteiger charge is 2.20. The van der Waals surface area contributed by atoms with Gasteiger partial charge in [-0.3, -0.25) is 9.69 Å². The normalized spacial score (nSPS) is 17.7. The van der Waals surface area contributed by atoms with Crippen molar-refractivity contribution in [2.24, 2.45) is 0 Å². The van der Waals surface area contributed by atoms with Gasteiger partial charge in [0.1, 0.15) is 5.75 Å². The smallest absolute Gasteiger partial charge is 0.246 e. The number of benzene rings is 1. The van der Waals surface area contributed by atoms with Gasteiger partial charge in [0, 0.05) is 50.1 Å². The van der Waals surface area contributed by atoms with Gasteiger partial charge in [0.05, 0.1) is 6.61 Å². The number of rotatable bonds is 4. The third-order valence-electron chi connectivity index (χ3n) is 4.78. The van der Waals surface area contributed by atoms with Crippen LogP contribution in [0.15, 0.2) is 41.8 Å². The second-order valence-corrected chi connectivity index (χ2v) is 7.47. The average Bonchev–Trinajstić information content (AvgIpc) is 3.31. The van der Waals surface area contributed by atoms with Crippen LogP contribution in [-0.4, -0.2) is 48.5 Å². The van der Waals surface area contributed by atoms with E-state index in [9.17, 15) is 4.79 Å². The number of carbonyl (C=O) groups excluding carboxylic acids is 1. The van der Waals surface area contributed by atoms with Gasteiger partial charge in [-0.05, 0) is 34.7 Å². The fourth-order valence-electron chi connectivity index (χ4n) is 3.37. The van der Waals surface area contributed by atoms with Crippen LogP contribution < -0.4 is 4.74 Å². The molecule has 1 aromatic carbocycles. The molecule has 3 heterocycles. The summed E-state index contributed by atoms with van der Waals surface area (Å²) in [5, 5.41) is 2.02. The molecule has 0 atom stereocenters. The fourth-order valence-corrected chi connectivity index (χ4v) is 3.99. The van der Waals surface area contributed by atoms with Crippen LogP contribution >= 0.6 is 11.3 Å². The number of ether oxygens (including phenoxy) is 1. The van der Waals surface area contributed by atoms with Crippen molar-refractivity contribution in [2.45, 2.75) is 13.0 Å². The number of hydrogen-bond acceptors (Lipinski definition) is 4. The summed E-state index contributed by atoms with van der Waals surface area (Å²) in [7, 11) is 0. The highest BCUT2D eigenvalue weighted by atomic mass is 32.1. The molecule has 1 aromatic heterocycles. The molecule has 1 saturated heterocycles. The lowest BCUT2D eigenvalue weighted by Crippen LogP contribution is -2.47. The zero-order valence-electron chi connectivity index (χ0n) is 14.2. The number of thiophene rings is 1. The molecule has 0 aliphatic carbocycles. The molecule has 5 heteroatoms.